The molecule has 4 N–H and O–H groups in total. The van der Waals surface area contributed by atoms with Gasteiger partial charge in [0.2, 0.25) is 0 Å². The standard InChI is InChI=1S/C16H21N3O3/c1-16(22,7-4-10-20)11-19-15(21)13-6-3-2-5-12(13)14-17-8-9-18-14/h2-3,5-6,8-9,20,22H,4,7,10-11H2,1H3,(H,17,18)(H,19,21)/t16-/m1/s1. The van der Waals surface area contributed by atoms with E-state index in [9.17, 15) is 9.90 Å². The van der Waals surface area contributed by atoms with Crippen molar-refractivity contribution < 1.29 is 15.0 Å². The van der Waals surface area contributed by atoms with Crippen LogP contribution in [0.3, 0.4) is 0 Å². The predicted octanol–water partition coefficient (Wildman–Crippen LogP) is 1.33. The van der Waals surface area contributed by atoms with Crippen LogP contribution in [0.2, 0.25) is 0 Å². The summed E-state index contributed by atoms with van der Waals surface area (Å²) in [5.74, 6) is 0.356. The maximum atomic E-state index is 12.4. The number of nitrogens with zero attached hydrogens (tertiary/aromatic N) is 1. The van der Waals surface area contributed by atoms with Gasteiger partial charge in [-0.2, -0.15) is 0 Å². The lowest BCUT2D eigenvalue weighted by Crippen LogP contribution is -2.40. The molecule has 0 saturated carbocycles. The van der Waals surface area contributed by atoms with Crippen molar-refractivity contribution in [1.29, 1.82) is 0 Å². The Balaban J connectivity index is 2.08. The van der Waals surface area contributed by atoms with Gasteiger partial charge in [0.1, 0.15) is 5.82 Å². The molecule has 1 aromatic heterocycles. The molecule has 6 heteroatoms. The van der Waals surface area contributed by atoms with Gasteiger partial charge in [0, 0.05) is 31.1 Å². The van der Waals surface area contributed by atoms with Crippen LogP contribution in [-0.2, 0) is 0 Å². The Morgan fingerprint density at radius 3 is 2.86 bits per heavy atom. The summed E-state index contributed by atoms with van der Waals surface area (Å²) in [6.45, 7) is 1.78. The van der Waals surface area contributed by atoms with E-state index in [0.29, 0.717) is 29.8 Å². The number of aliphatic hydroxyl groups excluding tert-OH is 1. The molecule has 0 unspecified atom stereocenters. The largest absolute Gasteiger partial charge is 0.396 e. The third-order valence-corrected chi connectivity index (χ3v) is 3.43. The summed E-state index contributed by atoms with van der Waals surface area (Å²) in [4.78, 5) is 19.5. The lowest BCUT2D eigenvalue weighted by atomic mass is 10.00. The minimum Gasteiger partial charge on any atom is -0.396 e. The SMILES string of the molecule is C[C@@](O)(CCCO)CNC(=O)c1ccccc1-c1ncc[nH]1. The monoisotopic (exact) mass is 303 g/mol. The lowest BCUT2D eigenvalue weighted by Gasteiger charge is -2.23. The van der Waals surface area contributed by atoms with Gasteiger partial charge in [0.15, 0.2) is 0 Å². The third kappa shape index (κ3) is 4.16. The first-order valence-electron chi connectivity index (χ1n) is 7.24. The maximum absolute atomic E-state index is 12.4. The first kappa shape index (κ1) is 16.2. The Hall–Kier alpha value is -2.18. The van der Waals surface area contributed by atoms with Crippen molar-refractivity contribution in [3.8, 4) is 11.4 Å². The number of aromatic amines is 1. The topological polar surface area (TPSA) is 98.2 Å². The molecule has 2 rings (SSSR count). The normalized spacial score (nSPS) is 13.6. The molecule has 0 aliphatic rings. The van der Waals surface area contributed by atoms with Crippen LogP contribution < -0.4 is 5.32 Å². The summed E-state index contributed by atoms with van der Waals surface area (Å²) in [5, 5.41) is 21.7. The van der Waals surface area contributed by atoms with E-state index in [-0.39, 0.29) is 19.1 Å². The van der Waals surface area contributed by atoms with Crippen LogP contribution in [0.15, 0.2) is 36.7 Å². The Morgan fingerprint density at radius 1 is 1.41 bits per heavy atom. The number of hydrogen-bond donors (Lipinski definition) is 4. The van der Waals surface area contributed by atoms with Crippen molar-refractivity contribution in [3.63, 3.8) is 0 Å². The van der Waals surface area contributed by atoms with Crippen LogP contribution in [-0.4, -0.2) is 44.8 Å². The van der Waals surface area contributed by atoms with Crippen LogP contribution >= 0.6 is 0 Å². The highest BCUT2D eigenvalue weighted by Crippen LogP contribution is 2.20. The second kappa shape index (κ2) is 7.20. The summed E-state index contributed by atoms with van der Waals surface area (Å²) >= 11 is 0. The van der Waals surface area contributed by atoms with Crippen LogP contribution in [0.5, 0.6) is 0 Å². The number of amides is 1. The van der Waals surface area contributed by atoms with E-state index in [4.69, 9.17) is 5.11 Å². The molecule has 1 heterocycles. The third-order valence-electron chi connectivity index (χ3n) is 3.43. The van der Waals surface area contributed by atoms with Crippen LogP contribution in [0, 0.1) is 0 Å². The van der Waals surface area contributed by atoms with Crippen molar-refractivity contribution >= 4 is 5.91 Å². The van der Waals surface area contributed by atoms with Gasteiger partial charge < -0.3 is 20.5 Å². The van der Waals surface area contributed by atoms with Gasteiger partial charge >= 0.3 is 0 Å². The number of aromatic nitrogens is 2. The van der Waals surface area contributed by atoms with Crippen molar-refractivity contribution in [2.45, 2.75) is 25.4 Å². The van der Waals surface area contributed by atoms with Gasteiger partial charge in [-0.05, 0) is 25.8 Å². The molecule has 1 amide bonds. The van der Waals surface area contributed by atoms with Gasteiger partial charge in [0.25, 0.3) is 5.91 Å². The van der Waals surface area contributed by atoms with Crippen molar-refractivity contribution in [1.82, 2.24) is 15.3 Å². The molecule has 6 nitrogen and oxygen atoms in total. The Labute approximate surface area is 129 Å². The van der Waals surface area contributed by atoms with Crippen LogP contribution in [0.4, 0.5) is 0 Å². The molecule has 0 saturated heterocycles. The van der Waals surface area contributed by atoms with Gasteiger partial charge in [-0.3, -0.25) is 4.79 Å². The number of hydrogen-bond acceptors (Lipinski definition) is 4. The van der Waals surface area contributed by atoms with Crippen molar-refractivity contribution in [2.24, 2.45) is 0 Å². The summed E-state index contributed by atoms with van der Waals surface area (Å²) in [7, 11) is 0. The van der Waals surface area contributed by atoms with Gasteiger partial charge in [-0.1, -0.05) is 18.2 Å². The smallest absolute Gasteiger partial charge is 0.252 e. The molecular weight excluding hydrogens is 282 g/mol. The molecule has 0 radical (unpaired) electrons. The molecule has 22 heavy (non-hydrogen) atoms. The van der Waals surface area contributed by atoms with Crippen molar-refractivity contribution in [2.75, 3.05) is 13.2 Å². The van der Waals surface area contributed by atoms with Crippen LogP contribution in [0.1, 0.15) is 30.1 Å². The number of H-pyrrole nitrogens is 1. The van der Waals surface area contributed by atoms with E-state index in [1.165, 1.54) is 0 Å². The lowest BCUT2D eigenvalue weighted by molar-refractivity contribution is 0.0415. The summed E-state index contributed by atoms with van der Waals surface area (Å²) in [6, 6.07) is 7.16. The Kier molecular flexibility index (Phi) is 5.30. The molecule has 0 bridgehead atoms. The highest BCUT2D eigenvalue weighted by molar-refractivity contribution is 6.00. The summed E-state index contributed by atoms with van der Waals surface area (Å²) in [6.07, 6.45) is 4.24. The molecule has 0 fully saturated rings. The molecule has 2 aromatic rings. The van der Waals surface area contributed by atoms with Crippen LogP contribution in [0.25, 0.3) is 11.4 Å². The predicted molar refractivity (Wildman–Crippen MR) is 83.3 cm³/mol. The second-order valence-corrected chi connectivity index (χ2v) is 5.49. The van der Waals surface area contributed by atoms with E-state index >= 15 is 0 Å². The van der Waals surface area contributed by atoms with E-state index in [2.05, 4.69) is 15.3 Å². The van der Waals surface area contributed by atoms with E-state index in [1.807, 2.05) is 12.1 Å². The molecule has 0 aliphatic carbocycles. The molecule has 118 valence electrons. The fraction of sp³-hybridized carbons (Fsp3) is 0.375. The summed E-state index contributed by atoms with van der Waals surface area (Å²) in [5.41, 5.74) is 0.160. The number of carbonyl (C=O) groups excluding carboxylic acids is 1. The van der Waals surface area contributed by atoms with Crippen molar-refractivity contribution in [3.05, 3.63) is 42.2 Å². The fourth-order valence-corrected chi connectivity index (χ4v) is 2.21. The summed E-state index contributed by atoms with van der Waals surface area (Å²) < 4.78 is 0. The molecular formula is C16H21N3O3. The molecule has 0 spiro atoms. The quantitative estimate of drug-likeness (QED) is 0.620. The second-order valence-electron chi connectivity index (χ2n) is 5.49. The van der Waals surface area contributed by atoms with E-state index in [1.54, 1.807) is 31.5 Å². The van der Waals surface area contributed by atoms with Gasteiger partial charge in [0.05, 0.1) is 11.2 Å². The first-order valence-corrected chi connectivity index (χ1v) is 7.24. The molecule has 1 atom stereocenters. The molecule has 0 aliphatic heterocycles. The number of imidazole rings is 1. The number of rotatable bonds is 7. The molecule has 1 aromatic carbocycles. The van der Waals surface area contributed by atoms with Gasteiger partial charge in [-0.15, -0.1) is 0 Å². The minimum atomic E-state index is -1.04. The number of benzene rings is 1. The van der Waals surface area contributed by atoms with Gasteiger partial charge in [-0.25, -0.2) is 4.98 Å². The highest BCUT2D eigenvalue weighted by atomic mass is 16.3. The minimum absolute atomic E-state index is 0.0193. The number of nitrogens with one attached hydrogen (secondary N) is 2. The Morgan fingerprint density at radius 2 is 2.18 bits per heavy atom. The number of aliphatic hydroxyl groups is 2. The average molecular weight is 303 g/mol. The zero-order valence-electron chi connectivity index (χ0n) is 12.5. The van der Waals surface area contributed by atoms with E-state index in [0.717, 1.165) is 0 Å². The average Bonchev–Trinajstić information content (AvgIpc) is 3.05. The maximum Gasteiger partial charge on any atom is 0.252 e. The number of carbonyl (C=O) groups is 1. The Bertz CT molecular complexity index is 609. The highest BCUT2D eigenvalue weighted by Gasteiger charge is 2.22. The van der Waals surface area contributed by atoms with E-state index < -0.39 is 5.60 Å². The first-order chi connectivity index (χ1) is 10.5. The zero-order chi connectivity index (χ0) is 16.0. The zero-order valence-corrected chi connectivity index (χ0v) is 12.5. The fourth-order valence-electron chi connectivity index (χ4n) is 2.21.